The first-order chi connectivity index (χ1) is 7.83. The van der Waals surface area contributed by atoms with Crippen molar-refractivity contribution in [3.05, 3.63) is 30.4 Å². The third-order valence-corrected chi connectivity index (χ3v) is 4.35. The first-order valence-electron chi connectivity index (χ1n) is 5.62. The highest BCUT2D eigenvalue weighted by molar-refractivity contribution is 7.99. The molecule has 1 atom stereocenters. The minimum atomic E-state index is 0.789. The van der Waals surface area contributed by atoms with Crippen LogP contribution in [-0.2, 0) is 6.42 Å². The van der Waals surface area contributed by atoms with Crippen LogP contribution in [0.1, 0.15) is 12.2 Å². The van der Waals surface area contributed by atoms with Gasteiger partial charge in [0.1, 0.15) is 5.82 Å². The lowest BCUT2D eigenvalue weighted by Gasteiger charge is -2.07. The molecule has 0 spiro atoms. The van der Waals surface area contributed by atoms with Crippen LogP contribution in [0.25, 0.3) is 5.52 Å². The second kappa shape index (κ2) is 4.01. The van der Waals surface area contributed by atoms with Crippen LogP contribution in [0.5, 0.6) is 0 Å². The van der Waals surface area contributed by atoms with Gasteiger partial charge in [0.2, 0.25) is 0 Å². The average Bonchev–Trinajstić information content (AvgIpc) is 2.90. The number of thioether (sulfide) groups is 1. The molecule has 0 aromatic carbocycles. The van der Waals surface area contributed by atoms with Gasteiger partial charge in [-0.1, -0.05) is 0 Å². The molecular weight excluding hydrogens is 218 g/mol. The Morgan fingerprint density at radius 1 is 1.50 bits per heavy atom. The fourth-order valence-corrected chi connectivity index (χ4v) is 3.50. The Morgan fingerprint density at radius 3 is 3.25 bits per heavy atom. The lowest BCUT2D eigenvalue weighted by atomic mass is 10.1. The second-order valence-electron chi connectivity index (χ2n) is 4.37. The van der Waals surface area contributed by atoms with E-state index in [9.17, 15) is 0 Å². The van der Waals surface area contributed by atoms with Crippen molar-refractivity contribution >= 4 is 23.0 Å². The monoisotopic (exact) mass is 233 g/mol. The molecule has 1 fully saturated rings. The van der Waals surface area contributed by atoms with E-state index >= 15 is 0 Å². The van der Waals surface area contributed by atoms with Crippen molar-refractivity contribution in [2.45, 2.75) is 12.8 Å². The van der Waals surface area contributed by atoms with Crippen LogP contribution in [-0.4, -0.2) is 20.9 Å². The van der Waals surface area contributed by atoms with Crippen molar-refractivity contribution in [1.82, 2.24) is 9.38 Å². The van der Waals surface area contributed by atoms with Crippen LogP contribution < -0.4 is 5.73 Å². The molecule has 0 radical (unpaired) electrons. The summed E-state index contributed by atoms with van der Waals surface area (Å²) in [6.07, 6.45) is 6.29. The van der Waals surface area contributed by atoms with Gasteiger partial charge in [0.15, 0.2) is 0 Å². The van der Waals surface area contributed by atoms with Crippen LogP contribution in [0.3, 0.4) is 0 Å². The van der Waals surface area contributed by atoms with E-state index in [1.807, 2.05) is 24.5 Å². The van der Waals surface area contributed by atoms with Crippen molar-refractivity contribution in [1.29, 1.82) is 0 Å². The van der Waals surface area contributed by atoms with E-state index in [-0.39, 0.29) is 0 Å². The Hall–Kier alpha value is -1.16. The number of fused-ring (bicyclic) bond motifs is 1. The number of aromatic nitrogens is 2. The van der Waals surface area contributed by atoms with Crippen molar-refractivity contribution in [2.75, 3.05) is 17.2 Å². The second-order valence-corrected chi connectivity index (χ2v) is 5.52. The van der Waals surface area contributed by atoms with E-state index in [0.29, 0.717) is 0 Å². The molecule has 1 aliphatic heterocycles. The van der Waals surface area contributed by atoms with Gasteiger partial charge in [-0.05, 0) is 36.0 Å². The molecule has 3 nitrogen and oxygen atoms in total. The number of hydrogen-bond acceptors (Lipinski definition) is 3. The molecule has 0 saturated carbocycles. The Bertz CT molecular complexity index is 500. The zero-order chi connectivity index (χ0) is 11.0. The maximum absolute atomic E-state index is 5.81. The summed E-state index contributed by atoms with van der Waals surface area (Å²) >= 11 is 2.05. The number of imidazole rings is 1. The number of rotatable bonds is 2. The van der Waals surface area contributed by atoms with Crippen LogP contribution >= 0.6 is 11.8 Å². The maximum atomic E-state index is 5.81. The summed E-state index contributed by atoms with van der Waals surface area (Å²) < 4.78 is 2.12. The van der Waals surface area contributed by atoms with Gasteiger partial charge >= 0.3 is 0 Å². The minimum absolute atomic E-state index is 0.789. The summed E-state index contributed by atoms with van der Waals surface area (Å²) in [6, 6.07) is 3.95. The topological polar surface area (TPSA) is 43.3 Å². The van der Waals surface area contributed by atoms with E-state index in [4.69, 9.17) is 5.73 Å². The highest BCUT2D eigenvalue weighted by Gasteiger charge is 2.18. The quantitative estimate of drug-likeness (QED) is 0.865. The molecule has 2 aromatic heterocycles. The van der Waals surface area contributed by atoms with E-state index in [1.165, 1.54) is 17.9 Å². The molecule has 3 heterocycles. The van der Waals surface area contributed by atoms with Crippen molar-refractivity contribution < 1.29 is 0 Å². The number of nitrogens with zero attached hydrogens (tertiary/aromatic N) is 2. The van der Waals surface area contributed by atoms with Gasteiger partial charge in [-0.25, -0.2) is 4.98 Å². The van der Waals surface area contributed by atoms with Gasteiger partial charge in [-0.3, -0.25) is 0 Å². The summed E-state index contributed by atoms with van der Waals surface area (Å²) in [4.78, 5) is 4.50. The Morgan fingerprint density at radius 2 is 2.44 bits per heavy atom. The first kappa shape index (κ1) is 10.0. The maximum Gasteiger partial charge on any atom is 0.113 e. The smallest absolute Gasteiger partial charge is 0.113 e. The molecule has 2 N–H and O–H groups in total. The molecule has 2 aromatic rings. The summed E-state index contributed by atoms with van der Waals surface area (Å²) in [5.74, 6) is 4.51. The Balaban J connectivity index is 1.93. The SMILES string of the molecule is Nc1ccc2cnc(CC3CCSC3)n2c1. The molecule has 4 heteroatoms. The number of hydrogen-bond donors (Lipinski definition) is 1. The molecule has 1 saturated heterocycles. The number of nitrogens with two attached hydrogens (primary N) is 1. The van der Waals surface area contributed by atoms with Gasteiger partial charge < -0.3 is 10.1 Å². The standard InChI is InChI=1S/C12H15N3S/c13-10-1-2-11-6-14-12(15(11)7-10)5-9-3-4-16-8-9/h1-2,6-7,9H,3-5,8,13H2. The zero-order valence-corrected chi connectivity index (χ0v) is 9.91. The highest BCUT2D eigenvalue weighted by atomic mass is 32.2. The van der Waals surface area contributed by atoms with Crippen molar-refractivity contribution in [3.8, 4) is 0 Å². The van der Waals surface area contributed by atoms with Gasteiger partial charge in [0.25, 0.3) is 0 Å². The summed E-state index contributed by atoms with van der Waals surface area (Å²) in [5.41, 5.74) is 7.74. The van der Waals surface area contributed by atoms with Crippen LogP contribution in [0, 0.1) is 5.92 Å². The molecule has 84 valence electrons. The third-order valence-electron chi connectivity index (χ3n) is 3.12. The minimum Gasteiger partial charge on any atom is -0.398 e. The highest BCUT2D eigenvalue weighted by Crippen LogP contribution is 2.26. The van der Waals surface area contributed by atoms with Crippen LogP contribution in [0.2, 0.25) is 0 Å². The molecule has 1 unspecified atom stereocenters. The molecule has 0 aliphatic carbocycles. The number of anilines is 1. The fraction of sp³-hybridized carbons (Fsp3) is 0.417. The fourth-order valence-electron chi connectivity index (χ4n) is 2.21. The normalized spacial score (nSPS) is 20.6. The average molecular weight is 233 g/mol. The van der Waals surface area contributed by atoms with Crippen LogP contribution in [0.15, 0.2) is 24.5 Å². The third kappa shape index (κ3) is 1.78. The molecular formula is C12H15N3S. The van der Waals surface area contributed by atoms with Gasteiger partial charge in [0, 0.05) is 18.3 Å². The molecule has 3 rings (SSSR count). The summed E-state index contributed by atoms with van der Waals surface area (Å²) in [6.45, 7) is 0. The largest absolute Gasteiger partial charge is 0.398 e. The van der Waals surface area contributed by atoms with E-state index in [0.717, 1.165) is 29.4 Å². The summed E-state index contributed by atoms with van der Waals surface area (Å²) in [7, 11) is 0. The van der Waals surface area contributed by atoms with Gasteiger partial charge in [0.05, 0.1) is 11.7 Å². The number of nitrogen functional groups attached to an aromatic ring is 1. The lowest BCUT2D eigenvalue weighted by Crippen LogP contribution is -2.06. The predicted octanol–water partition coefficient (Wildman–Crippen LogP) is 2.21. The molecule has 0 amide bonds. The van der Waals surface area contributed by atoms with Crippen LogP contribution in [0.4, 0.5) is 5.69 Å². The van der Waals surface area contributed by atoms with E-state index in [2.05, 4.69) is 21.1 Å². The predicted molar refractivity (Wildman–Crippen MR) is 68.7 cm³/mol. The van der Waals surface area contributed by atoms with E-state index in [1.54, 1.807) is 0 Å². The Labute approximate surface area is 99.1 Å². The van der Waals surface area contributed by atoms with Crippen molar-refractivity contribution in [2.24, 2.45) is 5.92 Å². The van der Waals surface area contributed by atoms with Crippen molar-refractivity contribution in [3.63, 3.8) is 0 Å². The van der Waals surface area contributed by atoms with Gasteiger partial charge in [-0.15, -0.1) is 0 Å². The summed E-state index contributed by atoms with van der Waals surface area (Å²) in [5, 5.41) is 0. The van der Waals surface area contributed by atoms with E-state index < -0.39 is 0 Å². The first-order valence-corrected chi connectivity index (χ1v) is 6.77. The number of pyridine rings is 1. The molecule has 1 aliphatic rings. The molecule has 16 heavy (non-hydrogen) atoms. The lowest BCUT2D eigenvalue weighted by molar-refractivity contribution is 0.575. The van der Waals surface area contributed by atoms with Gasteiger partial charge in [-0.2, -0.15) is 11.8 Å². The molecule has 0 bridgehead atoms. The Kier molecular flexibility index (Phi) is 2.52. The zero-order valence-electron chi connectivity index (χ0n) is 9.10.